The van der Waals surface area contributed by atoms with Gasteiger partial charge in [0.05, 0.1) is 12.9 Å². The third-order valence-electron chi connectivity index (χ3n) is 3.44. The van der Waals surface area contributed by atoms with E-state index in [-0.39, 0.29) is 5.75 Å². The van der Waals surface area contributed by atoms with Crippen LogP contribution in [0, 0.1) is 0 Å². The van der Waals surface area contributed by atoms with Crippen LogP contribution in [0.5, 0.6) is 5.75 Å². The van der Waals surface area contributed by atoms with Crippen molar-refractivity contribution in [3.63, 3.8) is 0 Å². The fourth-order valence-electron chi connectivity index (χ4n) is 2.24. The quantitative estimate of drug-likeness (QED) is 0.777. The Morgan fingerprint density at radius 3 is 2.35 bits per heavy atom. The molecule has 2 aromatic carbocycles. The highest BCUT2D eigenvalue weighted by molar-refractivity contribution is 7.92. The van der Waals surface area contributed by atoms with Gasteiger partial charge in [0, 0.05) is 11.7 Å². The second-order valence-corrected chi connectivity index (χ2v) is 7.16. The minimum Gasteiger partial charge on any atom is -0.497 e. The van der Waals surface area contributed by atoms with Gasteiger partial charge in [0.2, 0.25) is 10.0 Å². The van der Waals surface area contributed by atoms with Crippen molar-refractivity contribution in [2.24, 2.45) is 5.73 Å². The van der Waals surface area contributed by atoms with Crippen LogP contribution in [0.3, 0.4) is 0 Å². The molecule has 0 aliphatic heterocycles. The lowest BCUT2D eigenvalue weighted by atomic mass is 10.1. The maximum absolute atomic E-state index is 12.2. The van der Waals surface area contributed by atoms with Crippen LogP contribution in [-0.2, 0) is 16.4 Å². The van der Waals surface area contributed by atoms with E-state index in [1.807, 2.05) is 30.3 Å². The van der Waals surface area contributed by atoms with Crippen LogP contribution >= 0.6 is 0 Å². The highest BCUT2D eigenvalue weighted by Crippen LogP contribution is 2.16. The molecule has 0 amide bonds. The van der Waals surface area contributed by atoms with Gasteiger partial charge >= 0.3 is 0 Å². The summed E-state index contributed by atoms with van der Waals surface area (Å²) < 4.78 is 31.9. The molecular formula is C17H22N2O3S. The predicted octanol–water partition coefficient (Wildman–Crippen LogP) is 2.40. The zero-order valence-electron chi connectivity index (χ0n) is 13.1. The Morgan fingerprint density at radius 1 is 1.09 bits per heavy atom. The third-order valence-corrected chi connectivity index (χ3v) is 4.86. The van der Waals surface area contributed by atoms with Crippen LogP contribution in [0.1, 0.15) is 12.0 Å². The van der Waals surface area contributed by atoms with E-state index in [2.05, 4.69) is 4.72 Å². The summed E-state index contributed by atoms with van der Waals surface area (Å²) in [4.78, 5) is 0. The second kappa shape index (κ2) is 7.99. The number of anilines is 1. The lowest BCUT2D eigenvalue weighted by Gasteiger charge is -2.14. The number of methoxy groups -OCH3 is 1. The van der Waals surface area contributed by atoms with Gasteiger partial charge in [-0.25, -0.2) is 8.42 Å². The van der Waals surface area contributed by atoms with Crippen LogP contribution in [-0.4, -0.2) is 27.3 Å². The largest absolute Gasteiger partial charge is 0.497 e. The number of sulfonamides is 1. The number of nitrogens with two attached hydrogens (primary N) is 1. The van der Waals surface area contributed by atoms with Crippen molar-refractivity contribution in [1.82, 2.24) is 0 Å². The van der Waals surface area contributed by atoms with Gasteiger partial charge in [-0.15, -0.1) is 0 Å². The maximum atomic E-state index is 12.2. The topological polar surface area (TPSA) is 81.4 Å². The van der Waals surface area contributed by atoms with E-state index in [0.29, 0.717) is 17.9 Å². The molecule has 2 rings (SSSR count). The Balaban J connectivity index is 1.86. The summed E-state index contributed by atoms with van der Waals surface area (Å²) in [6.07, 6.45) is 1.38. The number of hydrogen-bond donors (Lipinski definition) is 2. The Kier molecular flexibility index (Phi) is 6.01. The summed E-state index contributed by atoms with van der Waals surface area (Å²) in [7, 11) is -1.91. The molecule has 3 N–H and O–H groups in total. The molecule has 0 heterocycles. The van der Waals surface area contributed by atoms with E-state index >= 15 is 0 Å². The van der Waals surface area contributed by atoms with Gasteiger partial charge in [-0.05, 0) is 42.7 Å². The molecule has 1 atom stereocenters. The molecule has 6 heteroatoms. The number of rotatable bonds is 8. The molecule has 0 aromatic heterocycles. The van der Waals surface area contributed by atoms with Gasteiger partial charge < -0.3 is 10.5 Å². The van der Waals surface area contributed by atoms with E-state index in [9.17, 15) is 8.42 Å². The molecule has 124 valence electrons. The summed E-state index contributed by atoms with van der Waals surface area (Å²) in [5.41, 5.74) is 7.62. The highest BCUT2D eigenvalue weighted by Gasteiger charge is 2.16. The van der Waals surface area contributed by atoms with Crippen molar-refractivity contribution in [3.05, 3.63) is 60.2 Å². The summed E-state index contributed by atoms with van der Waals surface area (Å²) in [5.74, 6) is 0.568. The van der Waals surface area contributed by atoms with Crippen molar-refractivity contribution in [1.29, 1.82) is 0 Å². The smallest absolute Gasteiger partial charge is 0.234 e. The molecule has 0 aliphatic carbocycles. The molecule has 5 nitrogen and oxygen atoms in total. The van der Waals surface area contributed by atoms with Crippen molar-refractivity contribution in [2.45, 2.75) is 18.9 Å². The minimum atomic E-state index is -3.47. The van der Waals surface area contributed by atoms with Crippen molar-refractivity contribution in [2.75, 3.05) is 17.6 Å². The fourth-order valence-corrected chi connectivity index (χ4v) is 3.55. The van der Waals surface area contributed by atoms with E-state index in [4.69, 9.17) is 10.5 Å². The van der Waals surface area contributed by atoms with Crippen LogP contribution in [0.4, 0.5) is 5.69 Å². The third kappa shape index (κ3) is 5.92. The first-order valence-corrected chi connectivity index (χ1v) is 9.08. The zero-order valence-corrected chi connectivity index (χ0v) is 13.9. The van der Waals surface area contributed by atoms with Crippen LogP contribution < -0.4 is 15.2 Å². The lowest BCUT2D eigenvalue weighted by Crippen LogP contribution is -2.33. The number of aryl methyl sites for hydroxylation is 1. The highest BCUT2D eigenvalue weighted by atomic mass is 32.2. The SMILES string of the molecule is COc1ccc(NS(=O)(=O)CC(N)CCc2ccccc2)cc1. The standard InChI is InChI=1S/C17H22N2O3S/c1-22-17-11-9-16(10-12-17)19-23(20,21)13-15(18)8-7-14-5-3-2-4-6-14/h2-6,9-12,15,19H,7-8,13,18H2,1H3. The molecule has 0 fully saturated rings. The first-order valence-electron chi connectivity index (χ1n) is 7.42. The van der Waals surface area contributed by atoms with Crippen LogP contribution in [0.15, 0.2) is 54.6 Å². The van der Waals surface area contributed by atoms with Gasteiger partial charge in [-0.1, -0.05) is 30.3 Å². The van der Waals surface area contributed by atoms with E-state index in [1.54, 1.807) is 31.4 Å². The lowest BCUT2D eigenvalue weighted by molar-refractivity contribution is 0.415. The zero-order chi connectivity index (χ0) is 16.7. The number of nitrogens with one attached hydrogen (secondary N) is 1. The molecule has 0 bridgehead atoms. The van der Waals surface area contributed by atoms with Crippen LogP contribution in [0.25, 0.3) is 0 Å². The normalized spacial score (nSPS) is 12.6. The maximum Gasteiger partial charge on any atom is 0.234 e. The molecule has 0 spiro atoms. The average Bonchev–Trinajstić information content (AvgIpc) is 2.54. The number of benzene rings is 2. The van der Waals surface area contributed by atoms with Crippen molar-refractivity contribution >= 4 is 15.7 Å². The Labute approximate surface area is 137 Å². The van der Waals surface area contributed by atoms with Crippen molar-refractivity contribution in [3.8, 4) is 5.75 Å². The van der Waals surface area contributed by atoms with Gasteiger partial charge in [-0.2, -0.15) is 0 Å². The van der Waals surface area contributed by atoms with Gasteiger partial charge in [0.1, 0.15) is 5.75 Å². The van der Waals surface area contributed by atoms with Gasteiger partial charge in [0.15, 0.2) is 0 Å². The molecule has 0 aliphatic rings. The Morgan fingerprint density at radius 2 is 1.74 bits per heavy atom. The summed E-state index contributed by atoms with van der Waals surface area (Å²) in [6, 6.07) is 16.2. The molecule has 23 heavy (non-hydrogen) atoms. The van der Waals surface area contributed by atoms with Gasteiger partial charge in [-0.3, -0.25) is 4.72 Å². The first kappa shape index (κ1) is 17.3. The van der Waals surface area contributed by atoms with Crippen molar-refractivity contribution < 1.29 is 13.2 Å². The number of ether oxygens (including phenoxy) is 1. The second-order valence-electron chi connectivity index (χ2n) is 5.40. The molecular weight excluding hydrogens is 312 g/mol. The minimum absolute atomic E-state index is 0.105. The molecule has 0 saturated heterocycles. The molecule has 0 saturated carbocycles. The fraction of sp³-hybridized carbons (Fsp3) is 0.294. The summed E-state index contributed by atoms with van der Waals surface area (Å²) in [6.45, 7) is 0. The first-order chi connectivity index (χ1) is 11.0. The Bertz CT molecular complexity index is 700. The average molecular weight is 334 g/mol. The molecule has 0 radical (unpaired) electrons. The number of hydrogen-bond acceptors (Lipinski definition) is 4. The van der Waals surface area contributed by atoms with Gasteiger partial charge in [0.25, 0.3) is 0 Å². The molecule has 2 aromatic rings. The monoisotopic (exact) mass is 334 g/mol. The van der Waals surface area contributed by atoms with E-state index in [0.717, 1.165) is 12.0 Å². The van der Waals surface area contributed by atoms with Crippen LogP contribution in [0.2, 0.25) is 0 Å². The van der Waals surface area contributed by atoms with E-state index in [1.165, 1.54) is 0 Å². The summed E-state index contributed by atoms with van der Waals surface area (Å²) >= 11 is 0. The van der Waals surface area contributed by atoms with E-state index < -0.39 is 16.1 Å². The predicted molar refractivity (Wildman–Crippen MR) is 93.1 cm³/mol. The molecule has 1 unspecified atom stereocenters. The summed E-state index contributed by atoms with van der Waals surface area (Å²) in [5, 5.41) is 0. The Hall–Kier alpha value is -2.05.